The van der Waals surface area contributed by atoms with E-state index in [0.29, 0.717) is 18.4 Å². The Kier molecular flexibility index (Phi) is 5.21. The first-order valence-corrected chi connectivity index (χ1v) is 10.6. The number of aromatic nitrogens is 3. The Morgan fingerprint density at radius 1 is 1.16 bits per heavy atom. The lowest BCUT2D eigenvalue weighted by Gasteiger charge is -2.31. The van der Waals surface area contributed by atoms with Crippen LogP contribution in [0.5, 0.6) is 0 Å². The molecular weight excluding hydrogens is 409 g/mol. The molecule has 31 heavy (non-hydrogen) atoms. The van der Waals surface area contributed by atoms with Crippen molar-refractivity contribution in [2.75, 3.05) is 43.5 Å². The SMILES string of the molecule is CN1CCCC(c2cc(Nc3cc(C(F)(F)F)ccn3)nc(N3CC4CC3CO4)n2)C1. The molecule has 0 saturated carbocycles. The number of fused-ring (bicyclic) bond motifs is 2. The van der Waals surface area contributed by atoms with E-state index in [-0.39, 0.29) is 23.9 Å². The highest BCUT2D eigenvalue weighted by molar-refractivity contribution is 5.56. The maximum Gasteiger partial charge on any atom is 0.416 e. The molecule has 0 spiro atoms. The Bertz CT molecular complexity index is 955. The van der Waals surface area contributed by atoms with Crippen LogP contribution in [0.15, 0.2) is 24.4 Å². The molecule has 7 nitrogen and oxygen atoms in total. The molecule has 5 rings (SSSR count). The van der Waals surface area contributed by atoms with Crippen molar-refractivity contribution in [2.45, 2.75) is 43.5 Å². The van der Waals surface area contributed by atoms with E-state index in [0.717, 1.165) is 62.9 Å². The molecule has 3 aliphatic rings. The van der Waals surface area contributed by atoms with Gasteiger partial charge in [-0.1, -0.05) is 0 Å². The molecule has 2 bridgehead atoms. The van der Waals surface area contributed by atoms with Gasteiger partial charge in [0.2, 0.25) is 5.95 Å². The van der Waals surface area contributed by atoms with Gasteiger partial charge in [-0.25, -0.2) is 9.97 Å². The number of likely N-dealkylation sites (N-methyl/N-ethyl adjacent to an activating group) is 1. The first-order chi connectivity index (χ1) is 14.8. The average Bonchev–Trinajstić information content (AvgIpc) is 3.37. The second-order valence-corrected chi connectivity index (χ2v) is 8.63. The zero-order chi connectivity index (χ0) is 21.6. The van der Waals surface area contributed by atoms with Crippen molar-refractivity contribution < 1.29 is 17.9 Å². The summed E-state index contributed by atoms with van der Waals surface area (Å²) in [4.78, 5) is 18.0. The summed E-state index contributed by atoms with van der Waals surface area (Å²) in [6.07, 6.45) is -0.0148. The molecule has 3 aliphatic heterocycles. The molecule has 166 valence electrons. The number of hydrogen-bond acceptors (Lipinski definition) is 7. The van der Waals surface area contributed by atoms with Crippen LogP contribution in [0.4, 0.5) is 30.8 Å². The Balaban J connectivity index is 1.47. The van der Waals surface area contributed by atoms with Crippen molar-refractivity contribution in [3.63, 3.8) is 0 Å². The number of nitrogens with one attached hydrogen (secondary N) is 1. The fraction of sp³-hybridized carbons (Fsp3) is 0.571. The number of morpholine rings is 1. The Morgan fingerprint density at radius 2 is 2.03 bits per heavy atom. The van der Waals surface area contributed by atoms with Crippen molar-refractivity contribution in [1.29, 1.82) is 0 Å². The maximum atomic E-state index is 13.1. The lowest BCUT2D eigenvalue weighted by Crippen LogP contribution is -2.38. The summed E-state index contributed by atoms with van der Waals surface area (Å²) in [5.74, 6) is 1.43. The van der Waals surface area contributed by atoms with E-state index in [9.17, 15) is 13.2 Å². The Morgan fingerprint density at radius 3 is 2.74 bits per heavy atom. The predicted octanol–water partition coefficient (Wildman–Crippen LogP) is 3.42. The summed E-state index contributed by atoms with van der Waals surface area (Å²) in [6, 6.07) is 4.05. The minimum absolute atomic E-state index is 0.109. The second kappa shape index (κ2) is 7.90. The summed E-state index contributed by atoms with van der Waals surface area (Å²) in [6.45, 7) is 3.34. The van der Waals surface area contributed by atoms with Gasteiger partial charge < -0.3 is 19.9 Å². The van der Waals surface area contributed by atoms with E-state index >= 15 is 0 Å². The van der Waals surface area contributed by atoms with Crippen LogP contribution in [0.25, 0.3) is 0 Å². The second-order valence-electron chi connectivity index (χ2n) is 8.63. The van der Waals surface area contributed by atoms with Crippen molar-refractivity contribution >= 4 is 17.6 Å². The molecule has 3 fully saturated rings. The van der Waals surface area contributed by atoms with Crippen LogP contribution >= 0.6 is 0 Å². The third kappa shape index (κ3) is 4.31. The largest absolute Gasteiger partial charge is 0.416 e. The first kappa shape index (κ1) is 20.4. The molecule has 10 heteroatoms. The number of hydrogen-bond donors (Lipinski definition) is 1. The van der Waals surface area contributed by atoms with E-state index in [1.54, 1.807) is 0 Å². The van der Waals surface area contributed by atoms with Gasteiger partial charge in [0.05, 0.1) is 30.0 Å². The van der Waals surface area contributed by atoms with Gasteiger partial charge in [-0.2, -0.15) is 18.2 Å². The van der Waals surface area contributed by atoms with Gasteiger partial charge >= 0.3 is 6.18 Å². The number of alkyl halides is 3. The average molecular weight is 434 g/mol. The maximum absolute atomic E-state index is 13.1. The van der Waals surface area contributed by atoms with Crippen molar-refractivity contribution in [3.8, 4) is 0 Å². The molecule has 0 aromatic carbocycles. The quantitative estimate of drug-likeness (QED) is 0.791. The number of halogens is 3. The molecule has 1 N–H and O–H groups in total. The Labute approximate surface area is 178 Å². The third-order valence-corrected chi connectivity index (χ3v) is 6.28. The first-order valence-electron chi connectivity index (χ1n) is 10.6. The summed E-state index contributed by atoms with van der Waals surface area (Å²) >= 11 is 0. The van der Waals surface area contributed by atoms with Crippen LogP contribution in [-0.2, 0) is 10.9 Å². The van der Waals surface area contributed by atoms with Gasteiger partial charge in [0.25, 0.3) is 0 Å². The number of piperidine rings is 1. The van der Waals surface area contributed by atoms with Gasteiger partial charge in [-0.3, -0.25) is 0 Å². The molecule has 0 radical (unpaired) electrons. The van der Waals surface area contributed by atoms with Crippen LogP contribution in [0.3, 0.4) is 0 Å². The number of anilines is 3. The zero-order valence-electron chi connectivity index (χ0n) is 17.3. The lowest BCUT2D eigenvalue weighted by atomic mass is 9.95. The van der Waals surface area contributed by atoms with Gasteiger partial charge in [-0.05, 0) is 45.0 Å². The third-order valence-electron chi connectivity index (χ3n) is 6.28. The zero-order valence-corrected chi connectivity index (χ0v) is 17.3. The number of rotatable bonds is 4. The van der Waals surface area contributed by atoms with Crippen LogP contribution in [-0.4, -0.2) is 65.3 Å². The van der Waals surface area contributed by atoms with Crippen molar-refractivity contribution in [1.82, 2.24) is 19.9 Å². The monoisotopic (exact) mass is 434 g/mol. The van der Waals surface area contributed by atoms with Crippen LogP contribution in [0.1, 0.15) is 36.4 Å². The molecule has 3 unspecified atom stereocenters. The molecule has 3 saturated heterocycles. The fourth-order valence-corrected chi connectivity index (χ4v) is 4.71. The smallest absolute Gasteiger partial charge is 0.374 e. The molecule has 0 amide bonds. The highest BCUT2D eigenvalue weighted by atomic mass is 19.4. The summed E-state index contributed by atoms with van der Waals surface area (Å²) in [7, 11) is 2.09. The Hall–Kier alpha value is -2.46. The number of likely N-dealkylation sites (tertiary alicyclic amines) is 1. The van der Waals surface area contributed by atoms with Gasteiger partial charge in [0.1, 0.15) is 11.6 Å². The molecule has 3 atom stereocenters. The van der Waals surface area contributed by atoms with Crippen molar-refractivity contribution in [2.24, 2.45) is 0 Å². The van der Waals surface area contributed by atoms with E-state index < -0.39 is 11.7 Å². The molecule has 2 aromatic rings. The lowest BCUT2D eigenvalue weighted by molar-refractivity contribution is -0.137. The summed E-state index contributed by atoms with van der Waals surface area (Å²) < 4.78 is 45.0. The number of nitrogens with zero attached hydrogens (tertiary/aromatic N) is 5. The molecule has 5 heterocycles. The number of ether oxygens (including phenoxy) is 1. The van der Waals surface area contributed by atoms with Crippen molar-refractivity contribution in [3.05, 3.63) is 35.7 Å². The van der Waals surface area contributed by atoms with Gasteiger partial charge in [-0.15, -0.1) is 0 Å². The van der Waals surface area contributed by atoms with E-state index in [2.05, 4.69) is 32.1 Å². The highest BCUT2D eigenvalue weighted by Gasteiger charge is 2.40. The normalized spacial score (nSPS) is 26.5. The standard InChI is InChI=1S/C21H25F3N6O/c1-29-6-2-3-13(10-29)17-9-19(27-18-7-14(4-5-25-18)21(22,23)24)28-20(26-17)30-11-16-8-15(30)12-31-16/h4-5,7,9,13,15-16H,2-3,6,8,10-12H2,1H3,(H,25,26,27,28). The van der Waals surface area contributed by atoms with Gasteiger partial charge in [0.15, 0.2) is 0 Å². The molecule has 2 aromatic heterocycles. The van der Waals surface area contributed by atoms with Crippen LogP contribution < -0.4 is 10.2 Å². The predicted molar refractivity (Wildman–Crippen MR) is 110 cm³/mol. The summed E-state index contributed by atoms with van der Waals surface area (Å²) in [5, 5.41) is 2.98. The highest BCUT2D eigenvalue weighted by Crippen LogP contribution is 2.34. The number of pyridine rings is 1. The minimum Gasteiger partial charge on any atom is -0.374 e. The van der Waals surface area contributed by atoms with Gasteiger partial charge in [0, 0.05) is 31.3 Å². The minimum atomic E-state index is -4.43. The molecular formula is C21H25F3N6O. The van der Waals surface area contributed by atoms with E-state index in [1.807, 2.05) is 6.07 Å². The van der Waals surface area contributed by atoms with E-state index in [4.69, 9.17) is 9.72 Å². The summed E-state index contributed by atoms with van der Waals surface area (Å²) in [5.41, 5.74) is 0.164. The molecule has 0 aliphatic carbocycles. The fourth-order valence-electron chi connectivity index (χ4n) is 4.71. The van der Waals surface area contributed by atoms with E-state index in [1.165, 1.54) is 0 Å². The topological polar surface area (TPSA) is 66.4 Å². The van der Waals surface area contributed by atoms with Crippen LogP contribution in [0, 0.1) is 0 Å². The van der Waals surface area contributed by atoms with Crippen LogP contribution in [0.2, 0.25) is 0 Å².